The van der Waals surface area contributed by atoms with Crippen molar-refractivity contribution in [3.05, 3.63) is 33.9 Å². The highest BCUT2D eigenvalue weighted by Gasteiger charge is 2.41. The second-order valence-corrected chi connectivity index (χ2v) is 7.08. The summed E-state index contributed by atoms with van der Waals surface area (Å²) in [4.78, 5) is 9.97. The number of non-ortho nitro benzene ring substituents is 1. The fourth-order valence-electron chi connectivity index (χ4n) is 2.27. The van der Waals surface area contributed by atoms with Crippen molar-refractivity contribution in [3.63, 3.8) is 0 Å². The zero-order valence-electron chi connectivity index (χ0n) is 11.4. The highest BCUT2D eigenvalue weighted by atomic mass is 32.2. The molecule has 1 atom stereocenters. The van der Waals surface area contributed by atoms with E-state index in [1.807, 2.05) is 0 Å². The Morgan fingerprint density at radius 1 is 1.48 bits per heavy atom. The Morgan fingerprint density at radius 3 is 2.67 bits per heavy atom. The molecule has 0 bridgehead atoms. The van der Waals surface area contributed by atoms with Crippen LogP contribution < -0.4 is 0 Å². The quantitative estimate of drug-likeness (QED) is 0.596. The molecule has 1 aliphatic heterocycles. The monoisotopic (exact) mass is 316 g/mol. The van der Waals surface area contributed by atoms with Gasteiger partial charge in [0.15, 0.2) is 0 Å². The van der Waals surface area contributed by atoms with Crippen LogP contribution >= 0.6 is 0 Å². The first-order valence-electron chi connectivity index (χ1n) is 6.28. The number of sulfonamides is 1. The smallest absolute Gasteiger partial charge is 0.270 e. The van der Waals surface area contributed by atoms with E-state index in [0.717, 1.165) is 10.4 Å². The molecule has 1 unspecified atom stereocenters. The fourth-order valence-corrected chi connectivity index (χ4v) is 4.04. The molecule has 0 spiro atoms. The molecule has 9 heteroatoms. The van der Waals surface area contributed by atoms with Gasteiger partial charge in [0.1, 0.15) is 5.60 Å². The summed E-state index contributed by atoms with van der Waals surface area (Å²) in [5.41, 5.74) is -1.38. The molecule has 0 aromatic heterocycles. The molecular weight excluding hydrogens is 300 g/mol. The Bertz CT molecular complexity index is 674. The summed E-state index contributed by atoms with van der Waals surface area (Å²) in [6.07, 6.45) is 0.122. The van der Waals surface area contributed by atoms with E-state index in [0.29, 0.717) is 5.56 Å². The van der Waals surface area contributed by atoms with Crippen molar-refractivity contribution in [3.8, 4) is 0 Å². The van der Waals surface area contributed by atoms with Gasteiger partial charge >= 0.3 is 0 Å². The van der Waals surface area contributed by atoms with Crippen LogP contribution in [-0.2, 0) is 10.0 Å². The zero-order valence-corrected chi connectivity index (χ0v) is 12.2. The minimum atomic E-state index is -3.95. The molecule has 1 saturated heterocycles. The molecule has 0 saturated carbocycles. The number of nitrogens with zero attached hydrogens (tertiary/aromatic N) is 2. The Morgan fingerprint density at radius 2 is 2.14 bits per heavy atom. The van der Waals surface area contributed by atoms with Crippen molar-refractivity contribution in [1.29, 1.82) is 0 Å². The Hall–Kier alpha value is -1.55. The maximum absolute atomic E-state index is 12.5. The molecule has 1 aromatic rings. The van der Waals surface area contributed by atoms with Crippen LogP contribution in [0.25, 0.3) is 0 Å². The maximum Gasteiger partial charge on any atom is 0.270 e. The Labute approximate surface area is 121 Å². The van der Waals surface area contributed by atoms with E-state index >= 15 is 0 Å². The summed E-state index contributed by atoms with van der Waals surface area (Å²) in [5.74, 6) is 0. The molecule has 0 aliphatic carbocycles. The van der Waals surface area contributed by atoms with E-state index in [1.54, 1.807) is 6.92 Å². The second-order valence-electron chi connectivity index (χ2n) is 5.18. The summed E-state index contributed by atoms with van der Waals surface area (Å²) in [6.45, 7) is 0.841. The van der Waals surface area contributed by atoms with E-state index in [9.17, 15) is 23.6 Å². The van der Waals surface area contributed by atoms with Crippen molar-refractivity contribution >= 4 is 15.7 Å². The molecule has 1 aliphatic rings. The van der Waals surface area contributed by atoms with Gasteiger partial charge in [0.2, 0.25) is 10.0 Å². The number of nitro benzene ring substituents is 1. The van der Waals surface area contributed by atoms with Gasteiger partial charge in [0.25, 0.3) is 5.69 Å². The van der Waals surface area contributed by atoms with Crippen LogP contribution in [0.4, 0.5) is 5.69 Å². The number of β-amino-alcohol motifs (C(OH)–C–C–N with tert-alkyl or cyclic N) is 1. The molecule has 2 rings (SSSR count). The summed E-state index contributed by atoms with van der Waals surface area (Å²) in [6, 6.07) is 3.63. The minimum Gasteiger partial charge on any atom is -0.393 e. The van der Waals surface area contributed by atoms with E-state index in [1.165, 1.54) is 12.1 Å². The Balaban J connectivity index is 2.41. The number of hydrogen-bond acceptors (Lipinski definition) is 6. The number of nitro groups is 1. The maximum atomic E-state index is 12.5. The predicted octanol–water partition coefficient (Wildman–Crippen LogP) is 0.0210. The first-order valence-corrected chi connectivity index (χ1v) is 7.72. The average Bonchev–Trinajstić information content (AvgIpc) is 2.83. The largest absolute Gasteiger partial charge is 0.393 e. The van der Waals surface area contributed by atoms with Gasteiger partial charge in [0, 0.05) is 25.2 Å². The van der Waals surface area contributed by atoms with Crippen LogP contribution in [0.1, 0.15) is 12.0 Å². The van der Waals surface area contributed by atoms with Gasteiger partial charge in [-0.2, -0.15) is 4.31 Å². The number of aliphatic hydroxyl groups is 2. The molecule has 21 heavy (non-hydrogen) atoms. The first-order chi connectivity index (χ1) is 9.69. The number of aliphatic hydroxyl groups excluding tert-OH is 1. The molecule has 0 amide bonds. The Kier molecular flexibility index (Phi) is 4.02. The summed E-state index contributed by atoms with van der Waals surface area (Å²) < 4.78 is 26.1. The van der Waals surface area contributed by atoms with Crippen LogP contribution in [0.2, 0.25) is 0 Å². The van der Waals surface area contributed by atoms with E-state index in [4.69, 9.17) is 5.11 Å². The molecule has 1 aromatic carbocycles. The third-order valence-corrected chi connectivity index (χ3v) is 5.58. The van der Waals surface area contributed by atoms with E-state index in [2.05, 4.69) is 0 Å². The van der Waals surface area contributed by atoms with Crippen molar-refractivity contribution < 1.29 is 23.6 Å². The predicted molar refractivity (Wildman–Crippen MR) is 73.2 cm³/mol. The topological polar surface area (TPSA) is 121 Å². The highest BCUT2D eigenvalue weighted by Crippen LogP contribution is 2.30. The molecule has 1 heterocycles. The lowest BCUT2D eigenvalue weighted by atomic mass is 10.1. The third kappa shape index (κ3) is 2.91. The van der Waals surface area contributed by atoms with E-state index < -0.39 is 27.2 Å². The number of benzene rings is 1. The average molecular weight is 316 g/mol. The third-order valence-electron chi connectivity index (χ3n) is 3.59. The number of rotatable bonds is 4. The van der Waals surface area contributed by atoms with Gasteiger partial charge in [-0.3, -0.25) is 10.1 Å². The second kappa shape index (κ2) is 5.34. The van der Waals surface area contributed by atoms with Gasteiger partial charge in [0.05, 0.1) is 16.4 Å². The normalized spacial score (nSPS) is 23.4. The highest BCUT2D eigenvalue weighted by molar-refractivity contribution is 7.89. The van der Waals surface area contributed by atoms with Gasteiger partial charge in [-0.1, -0.05) is 6.07 Å². The molecule has 116 valence electrons. The zero-order chi connectivity index (χ0) is 15.8. The fraction of sp³-hybridized carbons (Fsp3) is 0.500. The SMILES string of the molecule is Cc1ccc([N+](=O)[O-])cc1S(=O)(=O)N1CCC(O)(CO)C1. The summed E-state index contributed by atoms with van der Waals surface area (Å²) >= 11 is 0. The standard InChI is InChI=1S/C12H16N2O6S/c1-9-2-3-10(14(17)18)6-11(9)21(19,20)13-5-4-12(16,7-13)8-15/h2-3,6,15-16H,4-5,7-8H2,1H3. The van der Waals surface area contributed by atoms with Gasteiger partial charge in [-0.05, 0) is 18.9 Å². The minimum absolute atomic E-state index is 0.0571. The lowest BCUT2D eigenvalue weighted by Crippen LogP contribution is -2.38. The molecule has 1 fully saturated rings. The van der Waals surface area contributed by atoms with Crippen LogP contribution in [0.15, 0.2) is 23.1 Å². The van der Waals surface area contributed by atoms with Crippen LogP contribution in [-0.4, -0.2) is 53.2 Å². The lowest BCUT2D eigenvalue weighted by molar-refractivity contribution is -0.385. The summed E-state index contributed by atoms with van der Waals surface area (Å²) in [5, 5.41) is 29.8. The molecular formula is C12H16N2O6S. The lowest BCUT2D eigenvalue weighted by Gasteiger charge is -2.21. The van der Waals surface area contributed by atoms with Crippen LogP contribution in [0.5, 0.6) is 0 Å². The van der Waals surface area contributed by atoms with Gasteiger partial charge < -0.3 is 10.2 Å². The van der Waals surface area contributed by atoms with Crippen molar-refractivity contribution in [1.82, 2.24) is 4.31 Å². The van der Waals surface area contributed by atoms with Crippen molar-refractivity contribution in [2.24, 2.45) is 0 Å². The van der Waals surface area contributed by atoms with E-state index in [-0.39, 0.29) is 30.1 Å². The van der Waals surface area contributed by atoms with Gasteiger partial charge in [-0.25, -0.2) is 8.42 Å². The molecule has 0 radical (unpaired) electrons. The van der Waals surface area contributed by atoms with Crippen LogP contribution in [0, 0.1) is 17.0 Å². The van der Waals surface area contributed by atoms with Crippen molar-refractivity contribution in [2.45, 2.75) is 23.8 Å². The summed E-state index contributed by atoms with van der Waals surface area (Å²) in [7, 11) is -3.95. The van der Waals surface area contributed by atoms with Gasteiger partial charge in [-0.15, -0.1) is 0 Å². The number of hydrogen-bond donors (Lipinski definition) is 2. The van der Waals surface area contributed by atoms with Crippen molar-refractivity contribution in [2.75, 3.05) is 19.7 Å². The first kappa shape index (κ1) is 15.8. The van der Waals surface area contributed by atoms with Crippen LogP contribution in [0.3, 0.4) is 0 Å². The number of aryl methyl sites for hydroxylation is 1. The molecule has 8 nitrogen and oxygen atoms in total. The molecule has 2 N–H and O–H groups in total.